The Labute approximate surface area is 437 Å². The van der Waals surface area contributed by atoms with Gasteiger partial charge in [-0.25, -0.2) is 9.59 Å². The van der Waals surface area contributed by atoms with Gasteiger partial charge in [-0.3, -0.25) is 9.59 Å². The molecule has 0 aliphatic heterocycles. The minimum Gasteiger partial charge on any atom is -0.458 e. The second-order valence-electron chi connectivity index (χ2n) is 27.4. The molecular weight excluding hydrogens is 921 g/mol. The first-order valence-electron chi connectivity index (χ1n) is 28.6. The van der Waals surface area contributed by atoms with Crippen molar-refractivity contribution in [1.29, 1.82) is 0 Å². The van der Waals surface area contributed by atoms with Gasteiger partial charge in [0.15, 0.2) is 0 Å². The van der Waals surface area contributed by atoms with Crippen molar-refractivity contribution in [3.05, 3.63) is 45.6 Å². The zero-order chi connectivity index (χ0) is 53.7. The number of hydrogen-bond acceptors (Lipinski definition) is 11. The molecule has 8 aliphatic rings. The van der Waals surface area contributed by atoms with Crippen molar-refractivity contribution in [1.82, 2.24) is 0 Å². The number of carbonyl (C=O) groups excluding carboxylic acids is 4. The summed E-state index contributed by atoms with van der Waals surface area (Å²) in [6.45, 7) is 28.9. The van der Waals surface area contributed by atoms with Gasteiger partial charge in [0.2, 0.25) is 0 Å². The largest absolute Gasteiger partial charge is 0.458 e. The molecule has 73 heavy (non-hydrogen) atoms. The first-order valence-corrected chi connectivity index (χ1v) is 28.6. The maximum absolute atomic E-state index is 15.5. The Balaban J connectivity index is 1.22. The van der Waals surface area contributed by atoms with E-state index in [1.807, 2.05) is 27.7 Å². The van der Waals surface area contributed by atoms with Crippen molar-refractivity contribution in [2.75, 3.05) is 0 Å². The number of rotatable bonds is 10. The summed E-state index contributed by atoms with van der Waals surface area (Å²) in [5, 5.41) is 47.4. The average Bonchev–Trinajstić information content (AvgIpc) is 3.72. The van der Waals surface area contributed by atoms with Gasteiger partial charge in [-0.2, -0.15) is 0 Å². The molecule has 0 amide bonds. The molecule has 0 radical (unpaired) electrons. The standard InChI is InChI=1S/C62H94O11/c1-33(2)17-15-19-39(51-43-29-47(67)53-57(9)25-23-45(65)35(5)41(57)21-27-59(53,11)61(43,13)31-49(51)71-37(7)63)55(69)73-56(70)40(20-16-18-34(3)4)52-44-30-48(68)54-58(10)26-24-46(66)36(6)42(58)22-28-60(54,12)62(44,14)32-50(52)72-38(8)64/h17-18,35-36,41-50,53-54,65-68H,15-16,19-32H2,1-14H3/t35-,36-,41?,42?,43+,44+,45+,46+,47+,48?,49-,50-,53+,54?,57-,58-,59-,60-,61-,62-/m0/s1. The number of ether oxygens (including phenoxy) is 3. The molecule has 4 unspecified atom stereocenters. The van der Waals surface area contributed by atoms with Crippen LogP contribution >= 0.6 is 0 Å². The lowest BCUT2D eigenvalue weighted by molar-refractivity contribution is -0.234. The van der Waals surface area contributed by atoms with E-state index in [1.165, 1.54) is 13.8 Å². The van der Waals surface area contributed by atoms with Gasteiger partial charge in [0.05, 0.1) is 24.4 Å². The normalized spacial score (nSPS) is 46.9. The van der Waals surface area contributed by atoms with E-state index < -0.39 is 70.0 Å². The molecule has 8 fully saturated rings. The number of hydrogen-bond donors (Lipinski definition) is 4. The number of aliphatic hydroxyl groups excluding tert-OH is 4. The first-order chi connectivity index (χ1) is 34.0. The van der Waals surface area contributed by atoms with Crippen LogP contribution < -0.4 is 0 Å². The second kappa shape index (κ2) is 20.0. The molecule has 0 saturated heterocycles. The molecule has 0 heterocycles. The summed E-state index contributed by atoms with van der Waals surface area (Å²) in [6, 6.07) is 0. The molecule has 408 valence electrons. The predicted octanol–water partition coefficient (Wildman–Crippen LogP) is 11.2. The van der Waals surface area contributed by atoms with E-state index in [2.05, 4.69) is 67.5 Å². The predicted molar refractivity (Wildman–Crippen MR) is 281 cm³/mol. The second-order valence-corrected chi connectivity index (χ2v) is 27.4. The Morgan fingerprint density at radius 2 is 0.877 bits per heavy atom. The van der Waals surface area contributed by atoms with Crippen LogP contribution in [0.1, 0.15) is 200 Å². The van der Waals surface area contributed by atoms with Gasteiger partial charge in [-0.1, -0.05) is 78.7 Å². The summed E-state index contributed by atoms with van der Waals surface area (Å²) in [5.74, 6) is -2.69. The number of allylic oxidation sites excluding steroid dienone is 4. The molecule has 0 spiro atoms. The van der Waals surface area contributed by atoms with Crippen LogP contribution in [0, 0.1) is 79.8 Å². The zero-order valence-electron chi connectivity index (χ0n) is 47.2. The SMILES string of the molecule is CC(=O)O[C@H]1C[C@@]2(C)[C@H](CC(O)C3[C@@]4(C)CC[C@@H](O)[C@@H](C)C4CC[C@@]32C)C1=C(CCC=C(C)C)C(=O)OC(=O)C(CCC=C(C)C)=C1[C@@H](OC(C)=O)C[C@@]2(C)[C@@H]1C[C@@H](O)[C@@H]1[C@@]3(C)CC[C@@H](O)[C@@H](C)C3CC[C@@]12C. The number of fused-ring (bicyclic) bond motifs is 10. The third-order valence-corrected chi connectivity index (χ3v) is 23.3. The van der Waals surface area contributed by atoms with E-state index >= 15 is 9.59 Å². The highest BCUT2D eigenvalue weighted by Crippen LogP contribution is 2.76. The van der Waals surface area contributed by atoms with Crippen LogP contribution in [0.25, 0.3) is 0 Å². The first kappa shape index (κ1) is 56.1. The van der Waals surface area contributed by atoms with Crippen LogP contribution in [-0.2, 0) is 33.4 Å². The highest BCUT2D eigenvalue weighted by atomic mass is 16.6. The van der Waals surface area contributed by atoms with Crippen LogP contribution in [0.2, 0.25) is 0 Å². The fraction of sp³-hybridized carbons (Fsp3) is 0.806. The molecule has 8 aliphatic carbocycles. The smallest absolute Gasteiger partial charge is 0.342 e. The summed E-state index contributed by atoms with van der Waals surface area (Å²) in [4.78, 5) is 57.3. The summed E-state index contributed by atoms with van der Waals surface area (Å²) in [6.07, 6.45) is 9.84. The van der Waals surface area contributed by atoms with Crippen LogP contribution in [0.4, 0.5) is 0 Å². The van der Waals surface area contributed by atoms with E-state index in [0.29, 0.717) is 73.7 Å². The van der Waals surface area contributed by atoms with Crippen molar-refractivity contribution in [2.45, 2.75) is 236 Å². The third kappa shape index (κ3) is 9.01. The van der Waals surface area contributed by atoms with Crippen LogP contribution in [0.5, 0.6) is 0 Å². The molecule has 0 aromatic carbocycles. The molecule has 0 aromatic heterocycles. The molecular formula is C62H94O11. The number of aliphatic hydroxyl groups is 4. The van der Waals surface area contributed by atoms with Gasteiger partial charge >= 0.3 is 23.9 Å². The van der Waals surface area contributed by atoms with Crippen LogP contribution in [0.3, 0.4) is 0 Å². The van der Waals surface area contributed by atoms with Crippen molar-refractivity contribution >= 4 is 23.9 Å². The highest BCUT2D eigenvalue weighted by molar-refractivity contribution is 6.03. The Bertz CT molecular complexity index is 2160. The molecule has 8 saturated carbocycles. The van der Waals surface area contributed by atoms with Gasteiger partial charge in [-0.15, -0.1) is 0 Å². The molecule has 4 N–H and O–H groups in total. The Kier molecular flexibility index (Phi) is 15.4. The fourth-order valence-corrected chi connectivity index (χ4v) is 19.8. The molecule has 20 atom stereocenters. The van der Waals surface area contributed by atoms with E-state index in [-0.39, 0.29) is 83.2 Å². The topological polar surface area (TPSA) is 177 Å². The molecule has 11 heteroatoms. The van der Waals surface area contributed by atoms with E-state index in [9.17, 15) is 30.0 Å². The number of carbonyl (C=O) groups is 4. The van der Waals surface area contributed by atoms with Gasteiger partial charge in [0.25, 0.3) is 0 Å². The lowest BCUT2D eigenvalue weighted by Gasteiger charge is -2.69. The summed E-state index contributed by atoms with van der Waals surface area (Å²) >= 11 is 0. The summed E-state index contributed by atoms with van der Waals surface area (Å²) in [7, 11) is 0. The maximum atomic E-state index is 15.5. The minimum atomic E-state index is -0.795. The molecule has 0 bridgehead atoms. The van der Waals surface area contributed by atoms with Gasteiger partial charge < -0.3 is 34.6 Å². The lowest BCUT2D eigenvalue weighted by Crippen LogP contribution is -2.65. The van der Waals surface area contributed by atoms with Gasteiger partial charge in [0.1, 0.15) is 12.2 Å². The Hall–Kier alpha value is -3.12. The summed E-state index contributed by atoms with van der Waals surface area (Å²) in [5.41, 5.74) is 1.74. The van der Waals surface area contributed by atoms with Crippen molar-refractivity contribution in [3.8, 4) is 0 Å². The highest BCUT2D eigenvalue weighted by Gasteiger charge is 2.73. The Morgan fingerprint density at radius 1 is 0.521 bits per heavy atom. The Morgan fingerprint density at radius 3 is 1.21 bits per heavy atom. The van der Waals surface area contributed by atoms with Crippen LogP contribution in [-0.4, -0.2) is 80.9 Å². The monoisotopic (exact) mass is 1010 g/mol. The summed E-state index contributed by atoms with van der Waals surface area (Å²) < 4.78 is 18.9. The van der Waals surface area contributed by atoms with Crippen molar-refractivity contribution in [3.63, 3.8) is 0 Å². The number of esters is 4. The molecule has 11 nitrogen and oxygen atoms in total. The van der Waals surface area contributed by atoms with Crippen molar-refractivity contribution < 1.29 is 53.8 Å². The van der Waals surface area contributed by atoms with Crippen LogP contribution in [0.15, 0.2) is 45.6 Å². The molecule has 8 rings (SSSR count). The van der Waals surface area contributed by atoms with E-state index in [1.54, 1.807) is 0 Å². The fourth-order valence-electron chi connectivity index (χ4n) is 19.8. The van der Waals surface area contributed by atoms with Gasteiger partial charge in [0, 0.05) is 25.0 Å². The van der Waals surface area contributed by atoms with E-state index in [4.69, 9.17) is 14.2 Å². The zero-order valence-corrected chi connectivity index (χ0v) is 47.2. The minimum absolute atomic E-state index is 0.0833. The molecule has 0 aromatic rings. The average molecular weight is 1020 g/mol. The maximum Gasteiger partial charge on any atom is 0.342 e. The lowest BCUT2D eigenvalue weighted by atomic mass is 9.36. The van der Waals surface area contributed by atoms with Crippen molar-refractivity contribution in [2.24, 2.45) is 79.8 Å². The van der Waals surface area contributed by atoms with Gasteiger partial charge in [-0.05, 0) is 221 Å². The quantitative estimate of drug-likeness (QED) is 0.0538. The van der Waals surface area contributed by atoms with E-state index in [0.717, 1.165) is 49.7 Å². The third-order valence-electron chi connectivity index (χ3n) is 23.3.